The van der Waals surface area contributed by atoms with Crippen molar-refractivity contribution in [2.45, 2.75) is 5.16 Å². The Labute approximate surface area is 77.2 Å². The molecule has 0 spiro atoms. The number of ether oxygens (including phenoxy) is 2. The van der Waals surface area contributed by atoms with Crippen molar-refractivity contribution >= 4 is 11.1 Å². The van der Waals surface area contributed by atoms with Gasteiger partial charge in [-0.05, 0) is 0 Å². The Morgan fingerprint density at radius 2 is 1.77 bits per heavy atom. The summed E-state index contributed by atoms with van der Waals surface area (Å²) in [5.41, 5.74) is 0. The Balaban J connectivity index is 3.14. The Kier molecular flexibility index (Phi) is 3.15. The van der Waals surface area contributed by atoms with Crippen molar-refractivity contribution in [3.05, 3.63) is 6.07 Å². The van der Waals surface area contributed by atoms with Crippen molar-refractivity contribution in [2.24, 2.45) is 0 Å². The number of rotatable bonds is 3. The molecule has 13 heavy (non-hydrogen) atoms. The highest BCUT2D eigenvalue weighted by Crippen LogP contribution is 2.15. The van der Waals surface area contributed by atoms with E-state index < -0.39 is 11.1 Å². The molecule has 0 saturated heterocycles. The van der Waals surface area contributed by atoms with Crippen LogP contribution in [0.1, 0.15) is 0 Å². The van der Waals surface area contributed by atoms with Crippen LogP contribution in [0, 0.1) is 0 Å². The van der Waals surface area contributed by atoms with E-state index >= 15 is 0 Å². The van der Waals surface area contributed by atoms with Crippen LogP contribution in [-0.4, -0.2) is 32.9 Å². The minimum Gasteiger partial charge on any atom is -0.766 e. The zero-order valence-electron chi connectivity index (χ0n) is 7.01. The second-order valence-electron chi connectivity index (χ2n) is 1.97. The van der Waals surface area contributed by atoms with Crippen LogP contribution in [0.25, 0.3) is 0 Å². The molecule has 0 aromatic carbocycles. The fourth-order valence-electron chi connectivity index (χ4n) is 0.667. The molecule has 0 amide bonds. The number of methoxy groups -OCH3 is 2. The van der Waals surface area contributed by atoms with Crippen LogP contribution in [0.15, 0.2) is 11.2 Å². The summed E-state index contributed by atoms with van der Waals surface area (Å²) in [6.45, 7) is 0. The molecule has 1 aromatic heterocycles. The maximum Gasteiger partial charge on any atom is 0.220 e. The SMILES string of the molecule is COc1cc(OC)nc(S(=O)[O-])n1. The van der Waals surface area contributed by atoms with E-state index in [4.69, 9.17) is 9.47 Å². The maximum absolute atomic E-state index is 10.5. The van der Waals surface area contributed by atoms with Gasteiger partial charge >= 0.3 is 0 Å². The van der Waals surface area contributed by atoms with E-state index in [1.807, 2.05) is 0 Å². The minimum atomic E-state index is -2.48. The minimum absolute atomic E-state index is 0.144. The molecule has 0 saturated carbocycles. The van der Waals surface area contributed by atoms with Crippen molar-refractivity contribution in [3.8, 4) is 11.8 Å². The fourth-order valence-corrected chi connectivity index (χ4v) is 0.996. The Hall–Kier alpha value is -1.21. The van der Waals surface area contributed by atoms with Crippen LogP contribution in [0.4, 0.5) is 0 Å². The van der Waals surface area contributed by atoms with Crippen molar-refractivity contribution in [1.29, 1.82) is 0 Å². The standard InChI is InChI=1S/C6H8N2O4S/c1-11-4-3-5(12-2)8-6(7-4)13(9)10/h3H,1-2H3,(H,9,10)/p-1. The van der Waals surface area contributed by atoms with Gasteiger partial charge in [0.1, 0.15) is 0 Å². The predicted molar refractivity (Wildman–Crippen MR) is 42.3 cm³/mol. The largest absolute Gasteiger partial charge is 0.766 e. The summed E-state index contributed by atoms with van der Waals surface area (Å²) in [5.74, 6) is 0.289. The summed E-state index contributed by atoms with van der Waals surface area (Å²) in [7, 11) is 2.75. The molecule has 72 valence electrons. The van der Waals surface area contributed by atoms with Crippen molar-refractivity contribution < 1.29 is 18.2 Å². The Bertz CT molecular complexity index is 308. The van der Waals surface area contributed by atoms with Gasteiger partial charge in [-0.1, -0.05) is 0 Å². The van der Waals surface area contributed by atoms with E-state index in [1.165, 1.54) is 20.3 Å². The Morgan fingerprint density at radius 3 is 2.08 bits per heavy atom. The van der Waals surface area contributed by atoms with Crippen molar-refractivity contribution in [2.75, 3.05) is 14.2 Å². The van der Waals surface area contributed by atoms with E-state index in [2.05, 4.69) is 9.97 Å². The van der Waals surface area contributed by atoms with E-state index in [0.717, 1.165) is 0 Å². The van der Waals surface area contributed by atoms with Gasteiger partial charge in [0.15, 0.2) is 0 Å². The molecule has 6 nitrogen and oxygen atoms in total. The van der Waals surface area contributed by atoms with E-state index in [9.17, 15) is 8.76 Å². The van der Waals surface area contributed by atoms with Gasteiger partial charge < -0.3 is 14.0 Å². The topological polar surface area (TPSA) is 84.4 Å². The highest BCUT2D eigenvalue weighted by atomic mass is 32.2. The monoisotopic (exact) mass is 203 g/mol. The van der Waals surface area contributed by atoms with Gasteiger partial charge in [0.05, 0.1) is 20.3 Å². The summed E-state index contributed by atoms with van der Waals surface area (Å²) < 4.78 is 30.5. The van der Waals surface area contributed by atoms with Crippen molar-refractivity contribution in [1.82, 2.24) is 9.97 Å². The summed E-state index contributed by atoms with van der Waals surface area (Å²) >= 11 is -2.48. The van der Waals surface area contributed by atoms with Gasteiger partial charge in [0.25, 0.3) is 0 Å². The molecular formula is C6H7N2O4S-. The number of hydrogen-bond donors (Lipinski definition) is 0. The van der Waals surface area contributed by atoms with Gasteiger partial charge in [-0.3, -0.25) is 4.21 Å². The summed E-state index contributed by atoms with van der Waals surface area (Å²) in [6, 6.07) is 1.39. The molecule has 7 heteroatoms. The molecule has 0 aliphatic carbocycles. The van der Waals surface area contributed by atoms with E-state index in [-0.39, 0.29) is 16.9 Å². The maximum atomic E-state index is 10.5. The van der Waals surface area contributed by atoms with Gasteiger partial charge in [-0.2, -0.15) is 9.97 Å². The number of nitrogens with zero attached hydrogens (tertiary/aromatic N) is 2. The van der Waals surface area contributed by atoms with E-state index in [0.29, 0.717) is 0 Å². The fraction of sp³-hybridized carbons (Fsp3) is 0.333. The molecule has 0 bridgehead atoms. The predicted octanol–water partition coefficient (Wildman–Crippen LogP) is -0.268. The molecular weight excluding hydrogens is 196 g/mol. The van der Waals surface area contributed by atoms with Gasteiger partial charge in [-0.25, -0.2) is 0 Å². The zero-order valence-corrected chi connectivity index (χ0v) is 7.83. The third kappa shape index (κ3) is 2.36. The first kappa shape index (κ1) is 9.87. The molecule has 1 heterocycles. The summed E-state index contributed by atoms with van der Waals surface area (Å²) in [6.07, 6.45) is 0. The quantitative estimate of drug-likeness (QED) is 0.496. The number of aromatic nitrogens is 2. The lowest BCUT2D eigenvalue weighted by Crippen LogP contribution is -2.01. The highest BCUT2D eigenvalue weighted by molar-refractivity contribution is 7.78. The average molecular weight is 203 g/mol. The van der Waals surface area contributed by atoms with E-state index in [1.54, 1.807) is 0 Å². The Morgan fingerprint density at radius 1 is 1.31 bits per heavy atom. The third-order valence-corrected chi connectivity index (χ3v) is 1.71. The van der Waals surface area contributed by atoms with Crippen LogP contribution in [0.2, 0.25) is 0 Å². The lowest BCUT2D eigenvalue weighted by Gasteiger charge is -2.07. The molecule has 1 rings (SSSR count). The molecule has 1 atom stereocenters. The third-order valence-electron chi connectivity index (χ3n) is 1.23. The summed E-state index contributed by atoms with van der Waals surface area (Å²) in [5, 5.41) is -0.351. The van der Waals surface area contributed by atoms with Gasteiger partial charge in [0, 0.05) is 11.1 Å². The van der Waals surface area contributed by atoms with Gasteiger partial charge in [-0.15, -0.1) is 0 Å². The molecule has 1 aromatic rings. The first-order valence-electron chi connectivity index (χ1n) is 3.23. The van der Waals surface area contributed by atoms with Gasteiger partial charge in [0.2, 0.25) is 16.9 Å². The smallest absolute Gasteiger partial charge is 0.220 e. The molecule has 0 aliphatic heterocycles. The van der Waals surface area contributed by atoms with Crippen LogP contribution >= 0.6 is 0 Å². The second-order valence-corrected chi connectivity index (χ2v) is 2.80. The molecule has 0 radical (unpaired) electrons. The normalized spacial score (nSPS) is 12.2. The summed E-state index contributed by atoms with van der Waals surface area (Å²) in [4.78, 5) is 7.15. The first-order chi connectivity index (χ1) is 6.17. The molecule has 1 unspecified atom stereocenters. The lowest BCUT2D eigenvalue weighted by atomic mass is 10.6. The highest BCUT2D eigenvalue weighted by Gasteiger charge is 2.04. The lowest BCUT2D eigenvalue weighted by molar-refractivity contribution is 0.362. The van der Waals surface area contributed by atoms with Crippen LogP contribution in [-0.2, 0) is 11.1 Å². The molecule has 0 N–H and O–H groups in total. The van der Waals surface area contributed by atoms with Crippen LogP contribution in [0.5, 0.6) is 11.8 Å². The average Bonchev–Trinajstić information content (AvgIpc) is 2.16. The van der Waals surface area contributed by atoms with Crippen LogP contribution < -0.4 is 9.47 Å². The first-order valence-corrected chi connectivity index (χ1v) is 4.31. The molecule has 0 aliphatic rings. The van der Waals surface area contributed by atoms with Crippen LogP contribution in [0.3, 0.4) is 0 Å². The molecule has 0 fully saturated rings. The van der Waals surface area contributed by atoms with Crippen molar-refractivity contribution in [3.63, 3.8) is 0 Å². The zero-order chi connectivity index (χ0) is 9.84. The second kappa shape index (κ2) is 4.15. The number of hydrogen-bond acceptors (Lipinski definition) is 6.